The molecule has 2 amide bonds. The van der Waals surface area contributed by atoms with Gasteiger partial charge in [-0.15, -0.1) is 0 Å². The topological polar surface area (TPSA) is 40.6 Å². The van der Waals surface area contributed by atoms with Gasteiger partial charge in [-0.3, -0.25) is 9.59 Å². The summed E-state index contributed by atoms with van der Waals surface area (Å²) in [5, 5.41) is 0. The maximum atomic E-state index is 13.0. The number of hydrogen-bond acceptors (Lipinski definition) is 2. The van der Waals surface area contributed by atoms with Gasteiger partial charge >= 0.3 is 0 Å². The lowest BCUT2D eigenvalue weighted by Gasteiger charge is -2.28. The van der Waals surface area contributed by atoms with Gasteiger partial charge in [0.25, 0.3) is 0 Å². The molecule has 1 unspecified atom stereocenters. The molecule has 4 heteroatoms. The highest BCUT2D eigenvalue weighted by Gasteiger charge is 2.37. The zero-order chi connectivity index (χ0) is 17.9. The molecule has 1 saturated heterocycles. The highest BCUT2D eigenvalue weighted by Crippen LogP contribution is 2.27. The number of carbonyl (C=O) groups excluding carboxylic acids is 2. The van der Waals surface area contributed by atoms with Gasteiger partial charge < -0.3 is 9.80 Å². The van der Waals surface area contributed by atoms with Crippen LogP contribution in [0.2, 0.25) is 0 Å². The Balaban J connectivity index is 2.11. The van der Waals surface area contributed by atoms with Gasteiger partial charge in [0.15, 0.2) is 0 Å². The van der Waals surface area contributed by atoms with Crippen LogP contribution in [0.1, 0.15) is 39.7 Å². The number of amides is 2. The zero-order valence-electron chi connectivity index (χ0n) is 15.6. The molecule has 1 aliphatic rings. The molecule has 1 atom stereocenters. The van der Waals surface area contributed by atoms with Crippen LogP contribution in [0.3, 0.4) is 0 Å². The Kier molecular flexibility index (Phi) is 6.03. The van der Waals surface area contributed by atoms with Crippen molar-refractivity contribution in [2.45, 2.75) is 41.0 Å². The predicted molar refractivity (Wildman–Crippen MR) is 97.9 cm³/mol. The monoisotopic (exact) mass is 330 g/mol. The van der Waals surface area contributed by atoms with Crippen LogP contribution in [-0.2, 0) is 9.59 Å². The van der Waals surface area contributed by atoms with E-state index in [1.54, 1.807) is 4.90 Å². The van der Waals surface area contributed by atoms with Crippen LogP contribution in [0, 0.1) is 24.7 Å². The molecule has 0 N–H and O–H groups in total. The van der Waals surface area contributed by atoms with E-state index < -0.39 is 0 Å². The first-order valence-electron chi connectivity index (χ1n) is 8.93. The first-order chi connectivity index (χ1) is 11.3. The van der Waals surface area contributed by atoms with E-state index in [0.29, 0.717) is 24.8 Å². The first-order valence-corrected chi connectivity index (χ1v) is 8.93. The minimum Gasteiger partial charge on any atom is -0.342 e. The van der Waals surface area contributed by atoms with Crippen molar-refractivity contribution in [2.24, 2.45) is 17.8 Å². The quantitative estimate of drug-likeness (QED) is 0.801. The molecule has 1 aliphatic heterocycles. The number of anilines is 1. The average Bonchev–Trinajstić information content (AvgIpc) is 2.87. The van der Waals surface area contributed by atoms with E-state index >= 15 is 0 Å². The van der Waals surface area contributed by atoms with Gasteiger partial charge in [0, 0.05) is 31.7 Å². The highest BCUT2D eigenvalue weighted by molar-refractivity contribution is 6.00. The van der Waals surface area contributed by atoms with Gasteiger partial charge in [-0.05, 0) is 36.5 Å². The van der Waals surface area contributed by atoms with Gasteiger partial charge in [0.1, 0.15) is 0 Å². The van der Waals surface area contributed by atoms with Crippen molar-refractivity contribution in [1.82, 2.24) is 4.90 Å². The van der Waals surface area contributed by atoms with Crippen LogP contribution in [0.5, 0.6) is 0 Å². The molecule has 1 aromatic rings. The second-order valence-corrected chi connectivity index (χ2v) is 7.78. The normalized spacial score (nSPS) is 17.9. The first kappa shape index (κ1) is 18.5. The summed E-state index contributed by atoms with van der Waals surface area (Å²) in [6.07, 6.45) is 0.319. The Morgan fingerprint density at radius 1 is 1.21 bits per heavy atom. The molecule has 0 aliphatic carbocycles. The molecule has 2 rings (SSSR count). The number of aryl methyl sites for hydroxylation is 1. The molecule has 0 spiro atoms. The largest absolute Gasteiger partial charge is 0.342 e. The summed E-state index contributed by atoms with van der Waals surface area (Å²) in [4.78, 5) is 29.1. The lowest BCUT2D eigenvalue weighted by Crippen LogP contribution is -2.41. The molecule has 1 fully saturated rings. The maximum absolute atomic E-state index is 13.0. The van der Waals surface area contributed by atoms with Crippen LogP contribution in [0.4, 0.5) is 5.69 Å². The molecular weight excluding hydrogens is 300 g/mol. The molecule has 132 valence electrons. The fourth-order valence-corrected chi connectivity index (χ4v) is 3.31. The van der Waals surface area contributed by atoms with E-state index in [0.717, 1.165) is 24.3 Å². The summed E-state index contributed by atoms with van der Waals surface area (Å²) >= 11 is 0. The van der Waals surface area contributed by atoms with E-state index in [-0.39, 0.29) is 17.7 Å². The van der Waals surface area contributed by atoms with Crippen LogP contribution in [0.25, 0.3) is 0 Å². The second kappa shape index (κ2) is 7.82. The molecule has 0 aromatic heterocycles. The van der Waals surface area contributed by atoms with E-state index in [1.807, 2.05) is 36.1 Å². The second-order valence-electron chi connectivity index (χ2n) is 7.78. The van der Waals surface area contributed by atoms with Crippen molar-refractivity contribution < 1.29 is 9.59 Å². The molecule has 0 saturated carbocycles. The number of hydrogen-bond donors (Lipinski definition) is 0. The standard InChI is InChI=1S/C20H30N2O2/c1-14(2)11-21(12-15(3)4)20(24)17-10-19(23)22(13-17)18-8-6-7-16(5)9-18/h6-9,14-15,17H,10-13H2,1-5H3. The maximum Gasteiger partial charge on any atom is 0.228 e. The van der Waals surface area contributed by atoms with Crippen LogP contribution in [0.15, 0.2) is 24.3 Å². The predicted octanol–water partition coefficient (Wildman–Crippen LogP) is 3.49. The molecule has 24 heavy (non-hydrogen) atoms. The Bertz CT molecular complexity index is 585. The zero-order valence-corrected chi connectivity index (χ0v) is 15.6. The highest BCUT2D eigenvalue weighted by atomic mass is 16.2. The summed E-state index contributed by atoms with van der Waals surface area (Å²) in [6, 6.07) is 7.92. The number of nitrogens with zero attached hydrogens (tertiary/aromatic N) is 2. The third-order valence-corrected chi connectivity index (χ3v) is 4.27. The van der Waals surface area contributed by atoms with Crippen LogP contribution in [-0.4, -0.2) is 36.3 Å². The smallest absolute Gasteiger partial charge is 0.228 e. The number of benzene rings is 1. The van der Waals surface area contributed by atoms with Gasteiger partial charge in [-0.1, -0.05) is 39.8 Å². The average molecular weight is 330 g/mol. The number of carbonyl (C=O) groups is 2. The summed E-state index contributed by atoms with van der Waals surface area (Å²) < 4.78 is 0. The van der Waals surface area contributed by atoms with Crippen molar-refractivity contribution in [3.05, 3.63) is 29.8 Å². The third-order valence-electron chi connectivity index (χ3n) is 4.27. The molecule has 0 radical (unpaired) electrons. The molecular formula is C20H30N2O2. The van der Waals surface area contributed by atoms with Crippen molar-refractivity contribution in [2.75, 3.05) is 24.5 Å². The van der Waals surface area contributed by atoms with Crippen molar-refractivity contribution in [3.63, 3.8) is 0 Å². The van der Waals surface area contributed by atoms with E-state index in [4.69, 9.17) is 0 Å². The van der Waals surface area contributed by atoms with Crippen molar-refractivity contribution in [3.8, 4) is 0 Å². The van der Waals surface area contributed by atoms with Gasteiger partial charge in [-0.2, -0.15) is 0 Å². The fourth-order valence-electron chi connectivity index (χ4n) is 3.31. The minimum atomic E-state index is -0.226. The van der Waals surface area contributed by atoms with Crippen LogP contribution >= 0.6 is 0 Å². The third kappa shape index (κ3) is 4.59. The summed E-state index contributed by atoms with van der Waals surface area (Å²) in [5.74, 6) is 0.805. The molecule has 1 heterocycles. The lowest BCUT2D eigenvalue weighted by atomic mass is 10.0. The Labute approximate surface area is 145 Å². The minimum absolute atomic E-state index is 0.0491. The van der Waals surface area contributed by atoms with Gasteiger partial charge in [0.05, 0.1) is 5.92 Å². The fraction of sp³-hybridized carbons (Fsp3) is 0.600. The Hall–Kier alpha value is -1.84. The summed E-state index contributed by atoms with van der Waals surface area (Å²) in [6.45, 7) is 12.5. The SMILES string of the molecule is Cc1cccc(N2CC(C(=O)N(CC(C)C)CC(C)C)CC2=O)c1. The molecule has 0 bridgehead atoms. The van der Waals surface area contributed by atoms with Gasteiger partial charge in [0.2, 0.25) is 11.8 Å². The molecule has 4 nitrogen and oxygen atoms in total. The molecule has 1 aromatic carbocycles. The van der Waals surface area contributed by atoms with E-state index in [1.165, 1.54) is 0 Å². The van der Waals surface area contributed by atoms with E-state index in [2.05, 4.69) is 27.7 Å². The Morgan fingerprint density at radius 2 is 1.83 bits per heavy atom. The lowest BCUT2D eigenvalue weighted by molar-refractivity contribution is -0.136. The van der Waals surface area contributed by atoms with Crippen molar-refractivity contribution >= 4 is 17.5 Å². The summed E-state index contributed by atoms with van der Waals surface area (Å²) in [7, 11) is 0. The Morgan fingerprint density at radius 3 is 2.38 bits per heavy atom. The van der Waals surface area contributed by atoms with Gasteiger partial charge in [-0.25, -0.2) is 0 Å². The summed E-state index contributed by atoms with van der Waals surface area (Å²) in [5.41, 5.74) is 2.02. The van der Waals surface area contributed by atoms with E-state index in [9.17, 15) is 9.59 Å². The van der Waals surface area contributed by atoms with Crippen LogP contribution < -0.4 is 4.90 Å². The number of rotatable bonds is 6. The van der Waals surface area contributed by atoms with Crippen molar-refractivity contribution in [1.29, 1.82) is 0 Å².